The molecule has 11 heteroatoms. The number of hydrogen-bond acceptors (Lipinski definition) is 9. The first kappa shape index (κ1) is 18.7. The molecule has 2 aromatic heterocycles. The summed E-state index contributed by atoms with van der Waals surface area (Å²) in [6.07, 6.45) is 0.565. The molecule has 4 rings (SSSR count). The predicted octanol–water partition coefficient (Wildman–Crippen LogP) is 3.02. The first-order valence-electron chi connectivity index (χ1n) is 9.02. The van der Waals surface area contributed by atoms with E-state index in [0.717, 1.165) is 18.6 Å². The van der Waals surface area contributed by atoms with E-state index in [0.29, 0.717) is 29.3 Å². The molecule has 0 unspecified atom stereocenters. The van der Waals surface area contributed by atoms with E-state index in [1.165, 1.54) is 11.8 Å². The summed E-state index contributed by atoms with van der Waals surface area (Å²) in [5.74, 6) is 0.885. The van der Waals surface area contributed by atoms with Gasteiger partial charge in [0.05, 0.1) is 6.04 Å². The zero-order valence-corrected chi connectivity index (χ0v) is 16.6. The molecule has 2 fully saturated rings. The summed E-state index contributed by atoms with van der Waals surface area (Å²) >= 11 is 7.80. The van der Waals surface area contributed by atoms with Gasteiger partial charge in [0.15, 0.2) is 33.7 Å². The number of rotatable bonds is 7. The van der Waals surface area contributed by atoms with Gasteiger partial charge in [-0.3, -0.25) is 0 Å². The monoisotopic (exact) mass is 413 g/mol. The van der Waals surface area contributed by atoms with Gasteiger partial charge in [0, 0.05) is 18.8 Å². The summed E-state index contributed by atoms with van der Waals surface area (Å²) < 4.78 is 18.3. The highest BCUT2D eigenvalue weighted by molar-refractivity contribution is 7.99. The van der Waals surface area contributed by atoms with Crippen molar-refractivity contribution in [3.8, 4) is 0 Å². The van der Waals surface area contributed by atoms with Gasteiger partial charge in [-0.15, -0.1) is 5.10 Å². The lowest BCUT2D eigenvalue weighted by Crippen LogP contribution is -2.30. The van der Waals surface area contributed by atoms with E-state index in [2.05, 4.69) is 27.2 Å². The number of fused-ring (bicyclic) bond motifs is 2. The van der Waals surface area contributed by atoms with Crippen molar-refractivity contribution in [2.75, 3.05) is 12.4 Å². The number of thioether (sulfide) groups is 1. The van der Waals surface area contributed by atoms with Gasteiger partial charge in [-0.25, -0.2) is 19.4 Å². The molecule has 0 bridgehead atoms. The number of halogens is 1. The summed E-state index contributed by atoms with van der Waals surface area (Å²) in [7, 11) is 0. The van der Waals surface area contributed by atoms with E-state index in [1.807, 2.05) is 6.92 Å². The third-order valence-corrected chi connectivity index (χ3v) is 5.87. The molecule has 1 saturated carbocycles. The molecule has 0 spiro atoms. The van der Waals surface area contributed by atoms with Gasteiger partial charge < -0.3 is 14.2 Å². The van der Waals surface area contributed by atoms with Crippen molar-refractivity contribution in [2.45, 2.75) is 62.6 Å². The van der Waals surface area contributed by atoms with Crippen LogP contribution in [0.15, 0.2) is 5.16 Å². The third-order valence-electron chi connectivity index (χ3n) is 4.55. The average molecular weight is 414 g/mol. The second-order valence-corrected chi connectivity index (χ2v) is 7.90. The minimum atomic E-state index is -0.684. The molecule has 9 nitrogen and oxygen atoms in total. The zero-order chi connectivity index (χ0) is 19.0. The fourth-order valence-electron chi connectivity index (χ4n) is 3.41. The maximum Gasteiger partial charge on any atom is 0.509 e. The van der Waals surface area contributed by atoms with Crippen LogP contribution in [0.25, 0.3) is 11.2 Å². The van der Waals surface area contributed by atoms with Crippen molar-refractivity contribution in [3.63, 3.8) is 0 Å². The second-order valence-electron chi connectivity index (χ2n) is 6.48. The van der Waals surface area contributed by atoms with Gasteiger partial charge in [0.25, 0.3) is 0 Å². The quantitative estimate of drug-likeness (QED) is 0.293. The van der Waals surface area contributed by atoms with Gasteiger partial charge in [0.1, 0.15) is 6.10 Å². The molecule has 27 heavy (non-hydrogen) atoms. The minimum Gasteiger partial charge on any atom is -0.425 e. The van der Waals surface area contributed by atoms with Crippen LogP contribution >= 0.6 is 23.4 Å². The highest BCUT2D eigenvalue weighted by Crippen LogP contribution is 2.41. The van der Waals surface area contributed by atoms with E-state index in [-0.39, 0.29) is 17.3 Å². The first-order chi connectivity index (χ1) is 13.1. The topological polar surface area (TPSA) is 101 Å². The van der Waals surface area contributed by atoms with Crippen LogP contribution in [0.3, 0.4) is 0 Å². The fourth-order valence-corrected chi connectivity index (χ4v) is 4.35. The molecule has 4 atom stereocenters. The number of nitrogens with zero attached hydrogens (tertiary/aromatic N) is 5. The normalized spacial score (nSPS) is 27.0. The van der Waals surface area contributed by atoms with Gasteiger partial charge in [0.2, 0.25) is 0 Å². The Hall–Kier alpha value is -1.65. The summed E-state index contributed by atoms with van der Waals surface area (Å²) in [5.41, 5.74) is 0.952. The number of hydrogen-bond donors (Lipinski definition) is 0. The van der Waals surface area contributed by atoms with Crippen molar-refractivity contribution in [2.24, 2.45) is 0 Å². The van der Waals surface area contributed by atoms with Crippen LogP contribution in [-0.2, 0) is 14.2 Å². The molecule has 146 valence electrons. The Morgan fingerprint density at radius 1 is 1.26 bits per heavy atom. The Morgan fingerprint density at radius 3 is 2.85 bits per heavy atom. The molecular weight excluding hydrogens is 394 g/mol. The van der Waals surface area contributed by atoms with Crippen LogP contribution in [0.4, 0.5) is 4.79 Å². The molecule has 0 amide bonds. The molecular formula is C16H20ClN5O4S. The molecule has 1 aliphatic carbocycles. The van der Waals surface area contributed by atoms with E-state index in [4.69, 9.17) is 25.8 Å². The molecule has 0 aromatic carbocycles. The predicted molar refractivity (Wildman–Crippen MR) is 98.0 cm³/mol. The molecule has 1 saturated heterocycles. The smallest absolute Gasteiger partial charge is 0.425 e. The van der Waals surface area contributed by atoms with Gasteiger partial charge >= 0.3 is 6.16 Å². The Labute approximate surface area is 165 Å². The largest absolute Gasteiger partial charge is 0.509 e. The van der Waals surface area contributed by atoms with Crippen molar-refractivity contribution in [3.05, 3.63) is 5.15 Å². The number of aromatic nitrogens is 5. The average Bonchev–Trinajstić information content (AvgIpc) is 3.32. The van der Waals surface area contributed by atoms with Crippen LogP contribution in [0.2, 0.25) is 5.15 Å². The van der Waals surface area contributed by atoms with Crippen LogP contribution < -0.4 is 0 Å². The Bertz CT molecular complexity index is 850. The van der Waals surface area contributed by atoms with Crippen molar-refractivity contribution in [1.82, 2.24) is 25.0 Å². The van der Waals surface area contributed by atoms with Crippen molar-refractivity contribution < 1.29 is 19.0 Å². The highest BCUT2D eigenvalue weighted by Gasteiger charge is 2.55. The molecule has 1 aliphatic heterocycles. The maximum atomic E-state index is 11.7. The SMILES string of the molecule is CCCO[C@H]1C[C@@H](n2nnc3c(Cl)nc(SCCC)nc32)[C@@H]2OC(=O)O[C@@H]21. The Kier molecular flexibility index (Phi) is 5.38. The van der Waals surface area contributed by atoms with Crippen LogP contribution in [0, 0.1) is 0 Å². The minimum absolute atomic E-state index is 0.253. The van der Waals surface area contributed by atoms with E-state index in [9.17, 15) is 4.79 Å². The van der Waals surface area contributed by atoms with E-state index in [1.54, 1.807) is 4.68 Å². The number of carbonyl (C=O) groups excluding carboxylic acids is 1. The maximum absolute atomic E-state index is 11.7. The van der Waals surface area contributed by atoms with Gasteiger partial charge in [-0.1, -0.05) is 42.4 Å². The summed E-state index contributed by atoms with van der Waals surface area (Å²) in [5, 5.41) is 9.19. The van der Waals surface area contributed by atoms with Gasteiger partial charge in [-0.05, 0) is 12.8 Å². The lowest BCUT2D eigenvalue weighted by Gasteiger charge is -2.15. The van der Waals surface area contributed by atoms with E-state index >= 15 is 0 Å². The number of ether oxygens (including phenoxy) is 3. The molecule has 3 heterocycles. The highest BCUT2D eigenvalue weighted by atomic mass is 35.5. The second kappa shape index (κ2) is 7.76. The molecule has 2 aromatic rings. The van der Waals surface area contributed by atoms with E-state index < -0.39 is 18.4 Å². The van der Waals surface area contributed by atoms with Crippen LogP contribution in [-0.4, -0.2) is 61.8 Å². The summed E-state index contributed by atoms with van der Waals surface area (Å²) in [6, 6.07) is -0.289. The summed E-state index contributed by atoms with van der Waals surface area (Å²) in [4.78, 5) is 20.5. The van der Waals surface area contributed by atoms with Crippen LogP contribution in [0.5, 0.6) is 0 Å². The Morgan fingerprint density at radius 2 is 2.07 bits per heavy atom. The fraction of sp³-hybridized carbons (Fsp3) is 0.688. The standard InChI is InChI=1S/C16H20ClN5O4S/c1-3-5-24-9-7-8(11-12(9)26-16(23)25-11)22-14-10(20-21-22)13(17)18-15(19-14)27-6-4-2/h8-9,11-12H,3-7H2,1-2H3/t8-,9+,11+,12-/m1/s1. The molecule has 0 N–H and O–H groups in total. The molecule has 0 radical (unpaired) electrons. The van der Waals surface area contributed by atoms with Crippen molar-refractivity contribution in [1.29, 1.82) is 0 Å². The lowest BCUT2D eigenvalue weighted by atomic mass is 10.2. The Balaban J connectivity index is 1.68. The molecule has 2 aliphatic rings. The number of carbonyl (C=O) groups is 1. The third kappa shape index (κ3) is 3.45. The van der Waals surface area contributed by atoms with Gasteiger partial charge in [-0.2, -0.15) is 0 Å². The first-order valence-corrected chi connectivity index (χ1v) is 10.4. The van der Waals surface area contributed by atoms with Crippen molar-refractivity contribution >= 4 is 40.7 Å². The van der Waals surface area contributed by atoms with Crippen LogP contribution in [0.1, 0.15) is 39.2 Å². The zero-order valence-electron chi connectivity index (χ0n) is 15.0. The summed E-state index contributed by atoms with van der Waals surface area (Å²) in [6.45, 7) is 4.70. The lowest BCUT2D eigenvalue weighted by molar-refractivity contribution is -0.0154.